The molecule has 0 aliphatic heterocycles. The Kier molecular flexibility index (Phi) is 5.82. The lowest BCUT2D eigenvalue weighted by atomic mass is 10.2. The lowest BCUT2D eigenvalue weighted by molar-refractivity contribution is -0.121. The van der Waals surface area contributed by atoms with Crippen molar-refractivity contribution >= 4 is 11.7 Å². The second-order valence-electron chi connectivity index (χ2n) is 5.21. The van der Waals surface area contributed by atoms with E-state index in [4.69, 9.17) is 5.73 Å². The molecule has 1 aromatic heterocycles. The number of nitrogens with one attached hydrogen (secondary N) is 1. The van der Waals surface area contributed by atoms with Gasteiger partial charge in [-0.2, -0.15) is 5.10 Å². The van der Waals surface area contributed by atoms with Gasteiger partial charge in [0.15, 0.2) is 0 Å². The number of aromatic nitrogens is 2. The van der Waals surface area contributed by atoms with Crippen molar-refractivity contribution in [2.45, 2.75) is 46.3 Å². The fraction of sp³-hybridized carbons (Fsp3) is 0.692. The van der Waals surface area contributed by atoms with Gasteiger partial charge in [-0.1, -0.05) is 0 Å². The van der Waals surface area contributed by atoms with Crippen LogP contribution >= 0.6 is 0 Å². The van der Waals surface area contributed by atoms with Crippen molar-refractivity contribution in [3.05, 3.63) is 12.3 Å². The summed E-state index contributed by atoms with van der Waals surface area (Å²) in [7, 11) is 0. The van der Waals surface area contributed by atoms with Crippen molar-refractivity contribution in [1.82, 2.24) is 20.0 Å². The summed E-state index contributed by atoms with van der Waals surface area (Å²) >= 11 is 0. The lowest BCUT2D eigenvalue weighted by Gasteiger charge is -2.30. The minimum Gasteiger partial charge on any atom is -0.382 e. The maximum absolute atomic E-state index is 11.7. The van der Waals surface area contributed by atoms with Gasteiger partial charge in [0.05, 0.1) is 0 Å². The van der Waals surface area contributed by atoms with Gasteiger partial charge in [0.25, 0.3) is 0 Å². The largest absolute Gasteiger partial charge is 0.382 e. The molecule has 0 radical (unpaired) electrons. The van der Waals surface area contributed by atoms with Gasteiger partial charge in [-0.3, -0.25) is 14.4 Å². The number of rotatable bonds is 7. The maximum Gasteiger partial charge on any atom is 0.241 e. The van der Waals surface area contributed by atoms with E-state index in [9.17, 15) is 4.79 Å². The average Bonchev–Trinajstić information content (AvgIpc) is 2.69. The van der Waals surface area contributed by atoms with Crippen LogP contribution in [0.15, 0.2) is 12.3 Å². The SMILES string of the molecule is CC(C)N(CCNC(=O)Cn1ccc(N)n1)C(C)C. The van der Waals surface area contributed by atoms with Gasteiger partial charge in [0.2, 0.25) is 5.91 Å². The summed E-state index contributed by atoms with van der Waals surface area (Å²) in [5.41, 5.74) is 5.49. The Morgan fingerprint density at radius 1 is 1.42 bits per heavy atom. The third-order valence-electron chi connectivity index (χ3n) is 2.99. The van der Waals surface area contributed by atoms with Gasteiger partial charge < -0.3 is 11.1 Å². The van der Waals surface area contributed by atoms with E-state index in [0.717, 1.165) is 6.54 Å². The zero-order valence-corrected chi connectivity index (χ0v) is 12.3. The minimum absolute atomic E-state index is 0.0458. The first-order valence-corrected chi connectivity index (χ1v) is 6.71. The molecule has 108 valence electrons. The van der Waals surface area contributed by atoms with E-state index < -0.39 is 0 Å². The van der Waals surface area contributed by atoms with E-state index >= 15 is 0 Å². The number of hydrogen-bond donors (Lipinski definition) is 2. The fourth-order valence-corrected chi connectivity index (χ4v) is 2.11. The van der Waals surface area contributed by atoms with Crippen molar-refractivity contribution in [2.75, 3.05) is 18.8 Å². The molecule has 1 amide bonds. The van der Waals surface area contributed by atoms with E-state index in [1.165, 1.54) is 4.68 Å². The molecule has 0 aromatic carbocycles. The number of nitrogen functional groups attached to an aromatic ring is 1. The normalized spacial score (nSPS) is 11.5. The number of carbonyl (C=O) groups is 1. The maximum atomic E-state index is 11.7. The summed E-state index contributed by atoms with van der Waals surface area (Å²) in [6.07, 6.45) is 1.70. The number of nitrogens with two attached hydrogens (primary N) is 1. The summed E-state index contributed by atoms with van der Waals surface area (Å²) in [5.74, 6) is 0.383. The molecule has 0 aliphatic rings. The highest BCUT2D eigenvalue weighted by atomic mass is 16.2. The summed E-state index contributed by atoms with van der Waals surface area (Å²) < 4.78 is 1.54. The summed E-state index contributed by atoms with van der Waals surface area (Å²) in [6, 6.07) is 2.62. The second-order valence-corrected chi connectivity index (χ2v) is 5.21. The highest BCUT2D eigenvalue weighted by Gasteiger charge is 2.13. The number of anilines is 1. The van der Waals surface area contributed by atoms with E-state index in [1.54, 1.807) is 12.3 Å². The number of nitrogens with zero attached hydrogens (tertiary/aromatic N) is 3. The monoisotopic (exact) mass is 267 g/mol. The molecule has 0 spiro atoms. The Labute approximate surface area is 114 Å². The molecule has 19 heavy (non-hydrogen) atoms. The standard InChI is InChI=1S/C13H25N5O/c1-10(2)18(11(3)4)8-6-15-13(19)9-17-7-5-12(14)16-17/h5,7,10-11H,6,8-9H2,1-4H3,(H2,14,16)(H,15,19). The van der Waals surface area contributed by atoms with Crippen LogP contribution in [0, 0.1) is 0 Å². The summed E-state index contributed by atoms with van der Waals surface area (Å²) in [4.78, 5) is 14.1. The first kappa shape index (κ1) is 15.5. The minimum atomic E-state index is -0.0458. The second kappa shape index (κ2) is 7.13. The fourth-order valence-electron chi connectivity index (χ4n) is 2.11. The molecular formula is C13H25N5O. The van der Waals surface area contributed by atoms with Crippen molar-refractivity contribution in [1.29, 1.82) is 0 Å². The lowest BCUT2D eigenvalue weighted by Crippen LogP contribution is -2.43. The Morgan fingerprint density at radius 2 is 2.05 bits per heavy atom. The number of carbonyl (C=O) groups excluding carboxylic acids is 1. The van der Waals surface area contributed by atoms with Crippen LogP contribution in [0.5, 0.6) is 0 Å². The molecule has 1 rings (SSSR count). The van der Waals surface area contributed by atoms with Crippen molar-refractivity contribution in [3.8, 4) is 0 Å². The molecule has 0 atom stereocenters. The van der Waals surface area contributed by atoms with Gasteiger partial charge in [-0.05, 0) is 33.8 Å². The van der Waals surface area contributed by atoms with Crippen molar-refractivity contribution in [2.24, 2.45) is 0 Å². The van der Waals surface area contributed by atoms with Gasteiger partial charge in [-0.25, -0.2) is 0 Å². The van der Waals surface area contributed by atoms with E-state index in [2.05, 4.69) is 43.0 Å². The smallest absolute Gasteiger partial charge is 0.241 e. The number of hydrogen-bond acceptors (Lipinski definition) is 4. The van der Waals surface area contributed by atoms with E-state index in [1.807, 2.05) is 0 Å². The van der Waals surface area contributed by atoms with Crippen LogP contribution in [0.4, 0.5) is 5.82 Å². The summed E-state index contributed by atoms with van der Waals surface area (Å²) in [6.45, 7) is 10.3. The van der Waals surface area contributed by atoms with Crippen LogP contribution in [-0.4, -0.2) is 45.8 Å². The van der Waals surface area contributed by atoms with Crippen LogP contribution in [0.3, 0.4) is 0 Å². The predicted molar refractivity (Wildman–Crippen MR) is 76.6 cm³/mol. The highest BCUT2D eigenvalue weighted by Crippen LogP contribution is 2.03. The third-order valence-corrected chi connectivity index (χ3v) is 2.99. The highest BCUT2D eigenvalue weighted by molar-refractivity contribution is 5.75. The van der Waals surface area contributed by atoms with Gasteiger partial charge in [0, 0.05) is 31.4 Å². The molecule has 0 unspecified atom stereocenters. The van der Waals surface area contributed by atoms with Crippen molar-refractivity contribution < 1.29 is 4.79 Å². The predicted octanol–water partition coefficient (Wildman–Crippen LogP) is 0.700. The van der Waals surface area contributed by atoms with Gasteiger partial charge in [-0.15, -0.1) is 0 Å². The molecule has 0 aliphatic carbocycles. The zero-order chi connectivity index (χ0) is 14.4. The van der Waals surface area contributed by atoms with E-state index in [-0.39, 0.29) is 12.5 Å². The molecule has 6 heteroatoms. The number of amides is 1. The molecule has 0 fully saturated rings. The first-order valence-electron chi connectivity index (χ1n) is 6.71. The third kappa shape index (κ3) is 5.30. The Morgan fingerprint density at radius 3 is 2.53 bits per heavy atom. The topological polar surface area (TPSA) is 76.2 Å². The summed E-state index contributed by atoms with van der Waals surface area (Å²) in [5, 5.41) is 6.87. The van der Waals surface area contributed by atoms with Crippen LogP contribution in [0.1, 0.15) is 27.7 Å². The molecule has 0 saturated heterocycles. The zero-order valence-electron chi connectivity index (χ0n) is 12.3. The first-order chi connectivity index (χ1) is 8.90. The Hall–Kier alpha value is -1.56. The molecule has 3 N–H and O–H groups in total. The van der Waals surface area contributed by atoms with Crippen LogP contribution < -0.4 is 11.1 Å². The van der Waals surface area contributed by atoms with E-state index in [0.29, 0.717) is 24.4 Å². The Balaban J connectivity index is 2.30. The van der Waals surface area contributed by atoms with Crippen LogP contribution in [0.25, 0.3) is 0 Å². The molecular weight excluding hydrogens is 242 g/mol. The van der Waals surface area contributed by atoms with Gasteiger partial charge >= 0.3 is 0 Å². The molecule has 1 heterocycles. The average molecular weight is 267 g/mol. The molecule has 6 nitrogen and oxygen atoms in total. The molecule has 0 saturated carbocycles. The molecule has 1 aromatic rings. The van der Waals surface area contributed by atoms with Crippen molar-refractivity contribution in [3.63, 3.8) is 0 Å². The van der Waals surface area contributed by atoms with Gasteiger partial charge in [0.1, 0.15) is 12.4 Å². The Bertz CT molecular complexity index is 391. The van der Waals surface area contributed by atoms with Crippen LogP contribution in [0.2, 0.25) is 0 Å². The quantitative estimate of drug-likeness (QED) is 0.762. The molecule has 0 bridgehead atoms. The van der Waals surface area contributed by atoms with Crippen LogP contribution in [-0.2, 0) is 11.3 Å².